The summed E-state index contributed by atoms with van der Waals surface area (Å²) in [6.45, 7) is 7.25. The van der Waals surface area contributed by atoms with Gasteiger partial charge in [0.15, 0.2) is 0 Å². The Balaban J connectivity index is 1.39. The van der Waals surface area contributed by atoms with Crippen LogP contribution in [-0.2, 0) is 4.79 Å². The molecule has 0 N–H and O–H groups in total. The zero-order chi connectivity index (χ0) is 21.5. The van der Waals surface area contributed by atoms with Crippen molar-refractivity contribution in [1.29, 1.82) is 0 Å². The molecule has 1 aliphatic heterocycles. The molecule has 0 bridgehead atoms. The zero-order valence-electron chi connectivity index (χ0n) is 17.6. The predicted molar refractivity (Wildman–Crippen MR) is 117 cm³/mol. The first-order valence-electron chi connectivity index (χ1n) is 10.3. The highest BCUT2D eigenvalue weighted by Gasteiger charge is 2.23. The molecule has 0 spiro atoms. The summed E-state index contributed by atoms with van der Waals surface area (Å²) in [4.78, 5) is 19.0. The van der Waals surface area contributed by atoms with Gasteiger partial charge in [-0.2, -0.15) is 0 Å². The van der Waals surface area contributed by atoms with Crippen LogP contribution in [0.25, 0.3) is 0 Å². The van der Waals surface area contributed by atoms with Crippen molar-refractivity contribution >= 4 is 17.5 Å². The van der Waals surface area contributed by atoms with Gasteiger partial charge < -0.3 is 9.64 Å². The van der Waals surface area contributed by atoms with E-state index in [0.717, 1.165) is 38.3 Å². The molecule has 1 amide bonds. The fraction of sp³-hybridized carbons (Fsp3) is 0.435. The van der Waals surface area contributed by atoms with E-state index in [4.69, 9.17) is 16.3 Å². The van der Waals surface area contributed by atoms with Crippen molar-refractivity contribution in [1.82, 2.24) is 14.7 Å². The Kier molecular flexibility index (Phi) is 8.08. The maximum Gasteiger partial charge on any atom is 0.236 e. The monoisotopic (exact) mass is 433 g/mol. The Morgan fingerprint density at radius 1 is 1.10 bits per heavy atom. The summed E-state index contributed by atoms with van der Waals surface area (Å²) in [6, 6.07) is 13.7. The summed E-state index contributed by atoms with van der Waals surface area (Å²) in [6.07, 6.45) is 0. The van der Waals surface area contributed by atoms with E-state index in [2.05, 4.69) is 9.80 Å². The molecule has 1 unspecified atom stereocenters. The maximum absolute atomic E-state index is 13.1. The van der Waals surface area contributed by atoms with E-state index in [-0.39, 0.29) is 17.8 Å². The average Bonchev–Trinajstić information content (AvgIpc) is 2.76. The third-order valence-electron chi connectivity index (χ3n) is 5.65. The van der Waals surface area contributed by atoms with Crippen LogP contribution in [0.15, 0.2) is 48.5 Å². The molecule has 3 rings (SSSR count). The molecule has 0 aromatic heterocycles. The third kappa shape index (κ3) is 6.17. The van der Waals surface area contributed by atoms with Crippen LogP contribution in [-0.4, -0.2) is 73.5 Å². The van der Waals surface area contributed by atoms with Gasteiger partial charge in [0.1, 0.15) is 18.2 Å². The van der Waals surface area contributed by atoms with E-state index in [9.17, 15) is 9.18 Å². The highest BCUT2D eigenvalue weighted by atomic mass is 35.5. The van der Waals surface area contributed by atoms with Crippen molar-refractivity contribution in [2.24, 2.45) is 0 Å². The number of amides is 1. The molecule has 0 saturated carbocycles. The fourth-order valence-corrected chi connectivity index (χ4v) is 3.69. The van der Waals surface area contributed by atoms with Crippen molar-refractivity contribution in [2.75, 3.05) is 52.9 Å². The Labute approximate surface area is 183 Å². The van der Waals surface area contributed by atoms with Crippen LogP contribution in [0.1, 0.15) is 18.5 Å². The Hall–Kier alpha value is -2.15. The Morgan fingerprint density at radius 2 is 1.73 bits per heavy atom. The summed E-state index contributed by atoms with van der Waals surface area (Å²) in [5.41, 5.74) is 0.926. The van der Waals surface area contributed by atoms with Gasteiger partial charge in [0.2, 0.25) is 5.91 Å². The standard InChI is InChI=1S/C23H29ClFN3O2/c1-18(19-7-9-20(25)10-8-19)26(2)23(29)17-28-13-11-27(12-14-28)15-16-30-22-6-4-3-5-21(22)24/h3-10,18H,11-17H2,1-2H3. The second-order valence-electron chi connectivity index (χ2n) is 7.63. The van der Waals surface area contributed by atoms with Gasteiger partial charge in [-0.15, -0.1) is 0 Å². The molecule has 0 aliphatic carbocycles. The minimum Gasteiger partial charge on any atom is -0.491 e. The lowest BCUT2D eigenvalue weighted by molar-refractivity contribution is -0.133. The molecule has 2 aromatic rings. The fourth-order valence-electron chi connectivity index (χ4n) is 3.50. The number of hydrogen-bond donors (Lipinski definition) is 0. The van der Waals surface area contributed by atoms with Gasteiger partial charge in [0.25, 0.3) is 0 Å². The lowest BCUT2D eigenvalue weighted by Crippen LogP contribution is -2.50. The molecule has 162 valence electrons. The molecule has 0 radical (unpaired) electrons. The van der Waals surface area contributed by atoms with Gasteiger partial charge >= 0.3 is 0 Å². The number of ether oxygens (including phenoxy) is 1. The molecular weight excluding hydrogens is 405 g/mol. The van der Waals surface area contributed by atoms with Crippen LogP contribution in [0.5, 0.6) is 5.75 Å². The molecule has 30 heavy (non-hydrogen) atoms. The Bertz CT molecular complexity index is 825. The molecular formula is C23H29ClFN3O2. The van der Waals surface area contributed by atoms with Crippen molar-refractivity contribution in [3.8, 4) is 5.75 Å². The molecule has 1 heterocycles. The first-order chi connectivity index (χ1) is 14.4. The average molecular weight is 434 g/mol. The number of para-hydroxylation sites is 1. The number of carbonyl (C=O) groups is 1. The van der Waals surface area contributed by atoms with Crippen LogP contribution < -0.4 is 4.74 Å². The molecule has 5 nitrogen and oxygen atoms in total. The number of hydrogen-bond acceptors (Lipinski definition) is 4. The number of piperazine rings is 1. The molecule has 7 heteroatoms. The highest BCUT2D eigenvalue weighted by molar-refractivity contribution is 6.32. The van der Waals surface area contributed by atoms with E-state index in [0.29, 0.717) is 23.9 Å². The highest BCUT2D eigenvalue weighted by Crippen LogP contribution is 2.23. The molecule has 1 saturated heterocycles. The van der Waals surface area contributed by atoms with Gasteiger partial charge in [-0.05, 0) is 36.8 Å². The number of rotatable bonds is 8. The van der Waals surface area contributed by atoms with E-state index < -0.39 is 0 Å². The van der Waals surface area contributed by atoms with Crippen molar-refractivity contribution in [3.63, 3.8) is 0 Å². The summed E-state index contributed by atoms with van der Waals surface area (Å²) < 4.78 is 18.9. The molecule has 1 fully saturated rings. The zero-order valence-corrected chi connectivity index (χ0v) is 18.3. The first kappa shape index (κ1) is 22.5. The van der Waals surface area contributed by atoms with Crippen LogP contribution >= 0.6 is 11.6 Å². The van der Waals surface area contributed by atoms with Gasteiger partial charge in [0.05, 0.1) is 17.6 Å². The van der Waals surface area contributed by atoms with E-state index >= 15 is 0 Å². The minimum absolute atomic E-state index is 0.0716. The van der Waals surface area contributed by atoms with Crippen LogP contribution in [0.3, 0.4) is 0 Å². The lowest BCUT2D eigenvalue weighted by Gasteiger charge is -2.35. The van der Waals surface area contributed by atoms with Crippen molar-refractivity contribution in [2.45, 2.75) is 13.0 Å². The van der Waals surface area contributed by atoms with Gasteiger partial charge in [-0.25, -0.2) is 4.39 Å². The van der Waals surface area contributed by atoms with Crippen LogP contribution in [0.4, 0.5) is 4.39 Å². The third-order valence-corrected chi connectivity index (χ3v) is 5.96. The van der Waals surface area contributed by atoms with Gasteiger partial charge in [0, 0.05) is 39.8 Å². The largest absolute Gasteiger partial charge is 0.491 e. The Morgan fingerprint density at radius 3 is 2.40 bits per heavy atom. The van der Waals surface area contributed by atoms with Crippen LogP contribution in [0.2, 0.25) is 5.02 Å². The smallest absolute Gasteiger partial charge is 0.236 e. The van der Waals surface area contributed by atoms with Gasteiger partial charge in [-0.3, -0.25) is 14.6 Å². The van der Waals surface area contributed by atoms with E-state index in [1.807, 2.05) is 31.2 Å². The van der Waals surface area contributed by atoms with Crippen molar-refractivity contribution in [3.05, 3.63) is 64.9 Å². The van der Waals surface area contributed by atoms with Gasteiger partial charge in [-0.1, -0.05) is 35.9 Å². The van der Waals surface area contributed by atoms with E-state index in [1.54, 1.807) is 24.1 Å². The number of halogens is 2. The predicted octanol–water partition coefficient (Wildman–Crippen LogP) is 3.70. The number of carbonyl (C=O) groups excluding carboxylic acids is 1. The number of benzene rings is 2. The lowest BCUT2D eigenvalue weighted by atomic mass is 10.1. The minimum atomic E-state index is -0.268. The van der Waals surface area contributed by atoms with Crippen LogP contribution in [0, 0.1) is 5.82 Å². The summed E-state index contributed by atoms with van der Waals surface area (Å²) in [5, 5.41) is 0.625. The first-order valence-corrected chi connectivity index (χ1v) is 10.6. The topological polar surface area (TPSA) is 36.0 Å². The normalized spacial score (nSPS) is 16.3. The summed E-state index contributed by atoms with van der Waals surface area (Å²) in [5.74, 6) is 0.513. The summed E-state index contributed by atoms with van der Waals surface area (Å²) in [7, 11) is 1.80. The molecule has 2 aromatic carbocycles. The molecule has 1 atom stereocenters. The number of nitrogens with zero attached hydrogens (tertiary/aromatic N) is 3. The van der Waals surface area contributed by atoms with E-state index in [1.165, 1.54) is 12.1 Å². The molecule has 1 aliphatic rings. The maximum atomic E-state index is 13.1. The summed E-state index contributed by atoms with van der Waals surface area (Å²) >= 11 is 6.11. The number of likely N-dealkylation sites (N-methyl/N-ethyl adjacent to an activating group) is 1. The van der Waals surface area contributed by atoms with Crippen molar-refractivity contribution < 1.29 is 13.9 Å². The second-order valence-corrected chi connectivity index (χ2v) is 8.04. The second kappa shape index (κ2) is 10.8. The quantitative estimate of drug-likeness (QED) is 0.636. The SMILES string of the molecule is CC(c1ccc(F)cc1)N(C)C(=O)CN1CCN(CCOc2ccccc2Cl)CC1.